The Bertz CT molecular complexity index is 698. The number of hydrogen-bond donors (Lipinski definition) is 2. The van der Waals surface area contributed by atoms with Crippen molar-refractivity contribution in [2.75, 3.05) is 18.4 Å². The summed E-state index contributed by atoms with van der Waals surface area (Å²) >= 11 is 5.92. The van der Waals surface area contributed by atoms with Gasteiger partial charge in [0, 0.05) is 30.7 Å². The van der Waals surface area contributed by atoms with Crippen molar-refractivity contribution in [3.8, 4) is 0 Å². The van der Waals surface area contributed by atoms with E-state index in [-0.39, 0.29) is 5.69 Å². The van der Waals surface area contributed by atoms with Gasteiger partial charge in [0.1, 0.15) is 11.5 Å². The molecule has 0 saturated carbocycles. The van der Waals surface area contributed by atoms with E-state index >= 15 is 0 Å². The van der Waals surface area contributed by atoms with Crippen LogP contribution < -0.4 is 11.1 Å². The number of rotatable bonds is 5. The molecule has 3 rings (SSSR count). The lowest BCUT2D eigenvalue weighted by molar-refractivity contribution is 0.0995. The Hall–Kier alpha value is -2.18. The molecule has 1 aliphatic heterocycles. The number of halogens is 1. The summed E-state index contributed by atoms with van der Waals surface area (Å²) in [5.74, 6) is 0.0337. The number of piperidine rings is 1. The number of carbonyl (C=O) groups is 1. The summed E-state index contributed by atoms with van der Waals surface area (Å²) in [7, 11) is 0. The van der Waals surface area contributed by atoms with E-state index in [1.807, 2.05) is 12.1 Å². The molecule has 1 aliphatic rings. The number of hydrogen-bond acceptors (Lipinski definition) is 5. The second-order valence-corrected chi connectivity index (χ2v) is 6.41. The smallest absolute Gasteiger partial charge is 0.268 e. The Balaban J connectivity index is 1.51. The highest BCUT2D eigenvalue weighted by Crippen LogP contribution is 2.18. The molecule has 0 radical (unpaired) electrons. The highest BCUT2D eigenvalue weighted by molar-refractivity contribution is 6.30. The molecule has 0 unspecified atom stereocenters. The van der Waals surface area contributed by atoms with Gasteiger partial charge in [-0.15, -0.1) is 0 Å². The first-order chi connectivity index (χ1) is 11.6. The molecule has 1 fully saturated rings. The van der Waals surface area contributed by atoms with Crippen LogP contribution in [0.5, 0.6) is 0 Å². The summed E-state index contributed by atoms with van der Waals surface area (Å²) in [4.78, 5) is 21.8. The average molecular weight is 346 g/mol. The fourth-order valence-electron chi connectivity index (χ4n) is 2.85. The Morgan fingerprint density at radius 1 is 1.25 bits per heavy atom. The van der Waals surface area contributed by atoms with E-state index in [0.29, 0.717) is 11.9 Å². The zero-order valence-electron chi connectivity index (χ0n) is 13.3. The third-order valence-corrected chi connectivity index (χ3v) is 4.40. The summed E-state index contributed by atoms with van der Waals surface area (Å²) < 4.78 is 0. The number of anilines is 1. The van der Waals surface area contributed by atoms with Gasteiger partial charge in [-0.1, -0.05) is 23.7 Å². The maximum absolute atomic E-state index is 11.2. The Kier molecular flexibility index (Phi) is 5.27. The Morgan fingerprint density at radius 2 is 1.96 bits per heavy atom. The molecule has 1 amide bonds. The summed E-state index contributed by atoms with van der Waals surface area (Å²) in [5.41, 5.74) is 6.68. The zero-order chi connectivity index (χ0) is 16.9. The van der Waals surface area contributed by atoms with Crippen LogP contribution >= 0.6 is 11.6 Å². The first kappa shape index (κ1) is 16.7. The van der Waals surface area contributed by atoms with Gasteiger partial charge in [0.05, 0.1) is 12.4 Å². The molecule has 1 aromatic carbocycles. The number of nitrogens with two attached hydrogens (primary N) is 1. The number of nitrogens with zero attached hydrogens (tertiary/aromatic N) is 3. The van der Waals surface area contributed by atoms with E-state index in [2.05, 4.69) is 32.3 Å². The number of nitrogens with one attached hydrogen (secondary N) is 1. The van der Waals surface area contributed by atoms with Gasteiger partial charge in [0.25, 0.3) is 5.91 Å². The maximum Gasteiger partial charge on any atom is 0.268 e. The number of amides is 1. The standard InChI is InChI=1S/C17H20ClN5O/c18-13-3-1-12(2-4-13)11-23-7-5-14(6-8-23)21-16-10-20-9-15(22-16)17(19)24/h1-4,9-10,14H,5-8,11H2,(H2,19,24)(H,21,22). The van der Waals surface area contributed by atoms with Crippen LogP contribution in [0.1, 0.15) is 28.9 Å². The quantitative estimate of drug-likeness (QED) is 0.868. The molecule has 2 aromatic rings. The summed E-state index contributed by atoms with van der Waals surface area (Å²) in [5, 5.41) is 4.11. The Morgan fingerprint density at radius 3 is 2.62 bits per heavy atom. The lowest BCUT2D eigenvalue weighted by Gasteiger charge is -2.32. The van der Waals surface area contributed by atoms with Gasteiger partial charge in [-0.2, -0.15) is 0 Å². The van der Waals surface area contributed by atoms with Crippen LogP contribution in [0.4, 0.5) is 5.82 Å². The van der Waals surface area contributed by atoms with E-state index in [1.165, 1.54) is 11.8 Å². The zero-order valence-corrected chi connectivity index (χ0v) is 14.0. The van der Waals surface area contributed by atoms with E-state index in [1.54, 1.807) is 6.20 Å². The van der Waals surface area contributed by atoms with Gasteiger partial charge in [-0.25, -0.2) is 4.98 Å². The fourth-order valence-corrected chi connectivity index (χ4v) is 2.97. The van der Waals surface area contributed by atoms with Gasteiger partial charge in [-0.3, -0.25) is 14.7 Å². The normalized spacial score (nSPS) is 16.0. The number of likely N-dealkylation sites (tertiary alicyclic amines) is 1. The average Bonchev–Trinajstić information content (AvgIpc) is 2.59. The van der Waals surface area contributed by atoms with Crippen LogP contribution in [-0.4, -0.2) is 39.9 Å². The molecule has 0 spiro atoms. The van der Waals surface area contributed by atoms with E-state index < -0.39 is 5.91 Å². The molecule has 1 aromatic heterocycles. The van der Waals surface area contributed by atoms with Crippen molar-refractivity contribution < 1.29 is 4.79 Å². The number of primary amides is 1. The van der Waals surface area contributed by atoms with Crippen LogP contribution in [0.2, 0.25) is 5.02 Å². The molecule has 6 nitrogen and oxygen atoms in total. The van der Waals surface area contributed by atoms with Crippen molar-refractivity contribution in [1.29, 1.82) is 0 Å². The van der Waals surface area contributed by atoms with Gasteiger partial charge >= 0.3 is 0 Å². The molecule has 1 saturated heterocycles. The van der Waals surface area contributed by atoms with Crippen LogP contribution in [-0.2, 0) is 6.54 Å². The molecule has 3 N–H and O–H groups in total. The predicted octanol–water partition coefficient (Wildman–Crippen LogP) is 2.31. The topological polar surface area (TPSA) is 84.1 Å². The molecule has 24 heavy (non-hydrogen) atoms. The molecular weight excluding hydrogens is 326 g/mol. The fraction of sp³-hybridized carbons (Fsp3) is 0.353. The minimum Gasteiger partial charge on any atom is -0.366 e. The van der Waals surface area contributed by atoms with Crippen molar-refractivity contribution in [2.45, 2.75) is 25.4 Å². The largest absolute Gasteiger partial charge is 0.366 e. The first-order valence-corrected chi connectivity index (χ1v) is 8.33. The van der Waals surface area contributed by atoms with Crippen molar-refractivity contribution in [3.05, 3.63) is 52.9 Å². The molecule has 2 heterocycles. The predicted molar refractivity (Wildman–Crippen MR) is 93.9 cm³/mol. The summed E-state index contributed by atoms with van der Waals surface area (Å²) in [6, 6.07) is 8.31. The summed E-state index contributed by atoms with van der Waals surface area (Å²) in [6.45, 7) is 2.94. The molecule has 126 valence electrons. The van der Waals surface area contributed by atoms with Crippen molar-refractivity contribution in [2.24, 2.45) is 5.73 Å². The van der Waals surface area contributed by atoms with Crippen molar-refractivity contribution >= 4 is 23.3 Å². The van der Waals surface area contributed by atoms with Gasteiger partial charge in [0.2, 0.25) is 0 Å². The van der Waals surface area contributed by atoms with E-state index in [0.717, 1.165) is 37.5 Å². The van der Waals surface area contributed by atoms with E-state index in [9.17, 15) is 4.79 Å². The summed E-state index contributed by atoms with van der Waals surface area (Å²) in [6.07, 6.45) is 5.01. The van der Waals surface area contributed by atoms with Crippen LogP contribution in [0.15, 0.2) is 36.7 Å². The second-order valence-electron chi connectivity index (χ2n) is 5.98. The lowest BCUT2D eigenvalue weighted by atomic mass is 10.0. The highest BCUT2D eigenvalue weighted by Gasteiger charge is 2.19. The number of carbonyl (C=O) groups excluding carboxylic acids is 1. The highest BCUT2D eigenvalue weighted by atomic mass is 35.5. The van der Waals surface area contributed by atoms with Gasteiger partial charge in [-0.05, 0) is 30.5 Å². The molecular formula is C17H20ClN5O. The van der Waals surface area contributed by atoms with Crippen molar-refractivity contribution in [3.63, 3.8) is 0 Å². The lowest BCUT2D eigenvalue weighted by Crippen LogP contribution is -2.38. The molecule has 0 bridgehead atoms. The number of benzene rings is 1. The SMILES string of the molecule is NC(=O)c1cncc(NC2CCN(Cc3ccc(Cl)cc3)CC2)n1. The van der Waals surface area contributed by atoms with Gasteiger partial charge < -0.3 is 11.1 Å². The molecule has 0 atom stereocenters. The number of aromatic nitrogens is 2. The van der Waals surface area contributed by atoms with Crippen LogP contribution in [0.25, 0.3) is 0 Å². The molecule has 0 aliphatic carbocycles. The molecule has 7 heteroatoms. The Labute approximate surface area is 146 Å². The van der Waals surface area contributed by atoms with E-state index in [4.69, 9.17) is 17.3 Å². The maximum atomic E-state index is 11.2. The van der Waals surface area contributed by atoms with Crippen LogP contribution in [0.3, 0.4) is 0 Å². The minimum atomic E-state index is -0.566. The second kappa shape index (κ2) is 7.59. The monoisotopic (exact) mass is 345 g/mol. The van der Waals surface area contributed by atoms with Gasteiger partial charge in [0.15, 0.2) is 0 Å². The third-order valence-electron chi connectivity index (χ3n) is 4.15. The minimum absolute atomic E-state index is 0.181. The van der Waals surface area contributed by atoms with Crippen molar-refractivity contribution in [1.82, 2.24) is 14.9 Å². The first-order valence-electron chi connectivity index (χ1n) is 7.95. The third kappa shape index (κ3) is 4.43. The van der Waals surface area contributed by atoms with Crippen LogP contribution in [0, 0.1) is 0 Å².